The molecule has 0 saturated carbocycles. The van der Waals surface area contributed by atoms with Crippen LogP contribution in [0.1, 0.15) is 23.4 Å². The first-order valence-electron chi connectivity index (χ1n) is 6.55. The number of amides is 2. The highest BCUT2D eigenvalue weighted by Gasteiger charge is 2.37. The number of thiophene rings is 1. The van der Waals surface area contributed by atoms with Crippen LogP contribution >= 0.6 is 11.3 Å². The van der Waals surface area contributed by atoms with Crippen LogP contribution in [0.25, 0.3) is 0 Å². The van der Waals surface area contributed by atoms with Gasteiger partial charge in [0.25, 0.3) is 0 Å². The lowest BCUT2D eigenvalue weighted by Gasteiger charge is -2.36. The highest BCUT2D eigenvalue weighted by Crippen LogP contribution is 2.34. The van der Waals surface area contributed by atoms with E-state index >= 15 is 0 Å². The number of hydrogen-bond acceptors (Lipinski definition) is 3. The molecule has 1 aromatic heterocycles. The van der Waals surface area contributed by atoms with Crippen molar-refractivity contribution in [3.63, 3.8) is 0 Å². The van der Waals surface area contributed by atoms with Crippen molar-refractivity contribution in [2.45, 2.75) is 19.4 Å². The standard InChI is InChI=1S/C14H18N2O3S/c1-3-7-15(4-2)14(19)16-8-5-11-10(6-9-20-11)12(16)13(17)18/h3,6,9,12H,1,4-5,7-8H2,2H3,(H,17,18). The molecule has 0 spiro atoms. The zero-order valence-corrected chi connectivity index (χ0v) is 12.2. The number of nitrogens with zero attached hydrogens (tertiary/aromatic N) is 2. The summed E-state index contributed by atoms with van der Waals surface area (Å²) >= 11 is 1.55. The molecule has 1 N–H and O–H groups in total. The average molecular weight is 294 g/mol. The quantitative estimate of drug-likeness (QED) is 0.867. The van der Waals surface area contributed by atoms with Crippen LogP contribution in [-0.4, -0.2) is 46.5 Å². The van der Waals surface area contributed by atoms with Crippen molar-refractivity contribution in [1.82, 2.24) is 9.80 Å². The van der Waals surface area contributed by atoms with Gasteiger partial charge in [-0.15, -0.1) is 17.9 Å². The van der Waals surface area contributed by atoms with Crippen molar-refractivity contribution in [3.05, 3.63) is 34.5 Å². The Kier molecular flexibility index (Phi) is 4.44. The fraction of sp³-hybridized carbons (Fsp3) is 0.429. The lowest BCUT2D eigenvalue weighted by atomic mass is 10.0. The molecule has 1 atom stereocenters. The van der Waals surface area contributed by atoms with E-state index in [0.29, 0.717) is 26.1 Å². The largest absolute Gasteiger partial charge is 0.479 e. The second-order valence-electron chi connectivity index (χ2n) is 4.59. The second kappa shape index (κ2) is 6.09. The minimum Gasteiger partial charge on any atom is -0.479 e. The zero-order chi connectivity index (χ0) is 14.7. The molecule has 1 unspecified atom stereocenters. The molecule has 1 aliphatic rings. The summed E-state index contributed by atoms with van der Waals surface area (Å²) in [4.78, 5) is 28.2. The maximum absolute atomic E-state index is 12.5. The highest BCUT2D eigenvalue weighted by atomic mass is 32.1. The number of rotatable bonds is 4. The summed E-state index contributed by atoms with van der Waals surface area (Å²) in [6, 6.07) is 0.690. The van der Waals surface area contributed by atoms with Crippen molar-refractivity contribution in [2.24, 2.45) is 0 Å². The van der Waals surface area contributed by atoms with Crippen LogP contribution in [-0.2, 0) is 11.2 Å². The smallest absolute Gasteiger partial charge is 0.331 e. The van der Waals surface area contributed by atoms with Crippen molar-refractivity contribution in [1.29, 1.82) is 0 Å². The molecular formula is C14H18N2O3S. The minimum atomic E-state index is -0.979. The predicted octanol–water partition coefficient (Wildman–Crippen LogP) is 2.36. The van der Waals surface area contributed by atoms with Crippen LogP contribution in [0.5, 0.6) is 0 Å². The van der Waals surface area contributed by atoms with E-state index in [4.69, 9.17) is 0 Å². The maximum atomic E-state index is 12.5. The third-order valence-corrected chi connectivity index (χ3v) is 4.44. The van der Waals surface area contributed by atoms with E-state index in [1.807, 2.05) is 18.4 Å². The summed E-state index contributed by atoms with van der Waals surface area (Å²) in [6.45, 7) is 6.90. The van der Waals surface area contributed by atoms with Crippen molar-refractivity contribution in [2.75, 3.05) is 19.6 Å². The molecular weight excluding hydrogens is 276 g/mol. The minimum absolute atomic E-state index is 0.239. The van der Waals surface area contributed by atoms with Gasteiger partial charge < -0.3 is 14.9 Å². The van der Waals surface area contributed by atoms with Crippen LogP contribution in [0.2, 0.25) is 0 Å². The molecule has 1 aliphatic heterocycles. The topological polar surface area (TPSA) is 60.9 Å². The number of carbonyl (C=O) groups is 2. The Morgan fingerprint density at radius 3 is 3.00 bits per heavy atom. The van der Waals surface area contributed by atoms with E-state index < -0.39 is 12.0 Å². The molecule has 5 nitrogen and oxygen atoms in total. The van der Waals surface area contributed by atoms with E-state index in [2.05, 4.69) is 6.58 Å². The molecule has 0 saturated heterocycles. The van der Waals surface area contributed by atoms with Gasteiger partial charge in [-0.05, 0) is 30.4 Å². The van der Waals surface area contributed by atoms with Gasteiger partial charge in [0.1, 0.15) is 0 Å². The van der Waals surface area contributed by atoms with E-state index in [1.165, 1.54) is 4.90 Å². The number of hydrogen-bond donors (Lipinski definition) is 1. The van der Waals surface area contributed by atoms with Crippen molar-refractivity contribution in [3.8, 4) is 0 Å². The maximum Gasteiger partial charge on any atom is 0.331 e. The first kappa shape index (κ1) is 14.6. The zero-order valence-electron chi connectivity index (χ0n) is 11.4. The number of fused-ring (bicyclic) bond motifs is 1. The monoisotopic (exact) mass is 294 g/mol. The van der Waals surface area contributed by atoms with E-state index in [1.54, 1.807) is 22.3 Å². The predicted molar refractivity (Wildman–Crippen MR) is 77.9 cm³/mol. The lowest BCUT2D eigenvalue weighted by molar-refractivity contribution is -0.143. The van der Waals surface area contributed by atoms with Crippen LogP contribution in [0, 0.1) is 0 Å². The summed E-state index contributed by atoms with van der Waals surface area (Å²) in [6.07, 6.45) is 2.37. The Bertz CT molecular complexity index is 526. The van der Waals surface area contributed by atoms with Gasteiger partial charge in [0.15, 0.2) is 6.04 Å². The molecule has 0 aromatic carbocycles. The third kappa shape index (κ3) is 2.56. The van der Waals surface area contributed by atoms with Gasteiger partial charge in [0.2, 0.25) is 0 Å². The van der Waals surface area contributed by atoms with Crippen molar-refractivity contribution < 1.29 is 14.7 Å². The van der Waals surface area contributed by atoms with E-state index in [0.717, 1.165) is 10.4 Å². The lowest BCUT2D eigenvalue weighted by Crippen LogP contribution is -2.49. The molecule has 6 heteroatoms. The normalized spacial score (nSPS) is 17.4. The van der Waals surface area contributed by atoms with Crippen LogP contribution in [0.4, 0.5) is 4.79 Å². The Morgan fingerprint density at radius 2 is 2.40 bits per heavy atom. The SMILES string of the molecule is C=CCN(CC)C(=O)N1CCc2sccc2C1C(=O)O. The molecule has 0 fully saturated rings. The Morgan fingerprint density at radius 1 is 1.65 bits per heavy atom. The van der Waals surface area contributed by atoms with Crippen LogP contribution in [0.3, 0.4) is 0 Å². The summed E-state index contributed by atoms with van der Waals surface area (Å²) in [7, 11) is 0. The Labute approximate surface area is 122 Å². The van der Waals surface area contributed by atoms with E-state index in [-0.39, 0.29) is 6.03 Å². The molecule has 0 bridgehead atoms. The number of carboxylic acid groups (broad SMARTS) is 1. The summed E-state index contributed by atoms with van der Waals surface area (Å²) in [5.41, 5.74) is 0.747. The first-order chi connectivity index (χ1) is 9.60. The Balaban J connectivity index is 2.29. The molecule has 2 heterocycles. The molecule has 108 valence electrons. The fourth-order valence-electron chi connectivity index (χ4n) is 2.47. The van der Waals surface area contributed by atoms with Gasteiger partial charge >= 0.3 is 12.0 Å². The molecule has 1 aromatic rings. The summed E-state index contributed by atoms with van der Waals surface area (Å²) < 4.78 is 0. The average Bonchev–Trinajstić information content (AvgIpc) is 2.90. The molecule has 20 heavy (non-hydrogen) atoms. The molecule has 2 rings (SSSR count). The number of likely N-dealkylation sites (N-methyl/N-ethyl adjacent to an activating group) is 1. The number of aliphatic carboxylic acids is 1. The highest BCUT2D eigenvalue weighted by molar-refractivity contribution is 7.10. The van der Waals surface area contributed by atoms with Crippen LogP contribution in [0.15, 0.2) is 24.1 Å². The summed E-state index contributed by atoms with van der Waals surface area (Å²) in [5, 5.41) is 11.4. The van der Waals surface area contributed by atoms with Gasteiger partial charge in [-0.25, -0.2) is 9.59 Å². The van der Waals surface area contributed by atoms with Gasteiger partial charge in [-0.3, -0.25) is 0 Å². The Hall–Kier alpha value is -1.82. The van der Waals surface area contributed by atoms with E-state index in [9.17, 15) is 14.7 Å². The number of carboxylic acids is 1. The summed E-state index contributed by atoms with van der Waals surface area (Å²) in [5.74, 6) is -0.979. The van der Waals surface area contributed by atoms with Gasteiger partial charge in [0, 0.05) is 24.5 Å². The first-order valence-corrected chi connectivity index (χ1v) is 7.43. The third-order valence-electron chi connectivity index (χ3n) is 3.45. The number of urea groups is 1. The van der Waals surface area contributed by atoms with Gasteiger partial charge in [-0.2, -0.15) is 0 Å². The van der Waals surface area contributed by atoms with Crippen molar-refractivity contribution >= 4 is 23.3 Å². The molecule has 2 amide bonds. The molecule has 0 aliphatic carbocycles. The van der Waals surface area contributed by atoms with Gasteiger partial charge in [0.05, 0.1) is 0 Å². The van der Waals surface area contributed by atoms with Gasteiger partial charge in [-0.1, -0.05) is 6.08 Å². The second-order valence-corrected chi connectivity index (χ2v) is 5.59. The fourth-order valence-corrected chi connectivity index (χ4v) is 3.37. The van der Waals surface area contributed by atoms with Crippen LogP contribution < -0.4 is 0 Å². The number of carbonyl (C=O) groups excluding carboxylic acids is 1. The molecule has 0 radical (unpaired) electrons.